The van der Waals surface area contributed by atoms with Crippen LogP contribution in [0.1, 0.15) is 44.1 Å². The van der Waals surface area contributed by atoms with Crippen molar-refractivity contribution in [2.75, 3.05) is 12.0 Å². The lowest BCUT2D eigenvalue weighted by molar-refractivity contribution is -0.122. The van der Waals surface area contributed by atoms with E-state index in [9.17, 15) is 19.6 Å². The number of carbonyl (C=O) groups excluding carboxylic acids is 3. The Morgan fingerprint density at radius 3 is 2.21 bits per heavy atom. The second-order valence-corrected chi connectivity index (χ2v) is 10.6. The van der Waals surface area contributed by atoms with E-state index in [2.05, 4.69) is 16.6 Å². The van der Waals surface area contributed by atoms with Crippen LogP contribution in [0, 0.1) is 23.2 Å². The monoisotopic (exact) mass is 552 g/mol. The second-order valence-electron chi connectivity index (χ2n) is 10.6. The lowest BCUT2D eigenvalue weighted by Gasteiger charge is -2.52. The summed E-state index contributed by atoms with van der Waals surface area (Å²) in [5, 5.41) is 14.2. The number of rotatable bonds is 5. The van der Waals surface area contributed by atoms with Crippen LogP contribution in [0.2, 0.25) is 0 Å². The van der Waals surface area contributed by atoms with Gasteiger partial charge >= 0.3 is 0 Å². The number of anilines is 1. The summed E-state index contributed by atoms with van der Waals surface area (Å²) in [7, 11) is 1.49. The first-order chi connectivity index (χ1) is 20.5. The van der Waals surface area contributed by atoms with Gasteiger partial charge in [-0.2, -0.15) is 10.4 Å². The van der Waals surface area contributed by atoms with E-state index in [4.69, 9.17) is 4.74 Å². The number of nitriles is 1. The van der Waals surface area contributed by atoms with Crippen LogP contribution < -0.4 is 15.1 Å². The maximum atomic E-state index is 14.5. The zero-order chi connectivity index (χ0) is 29.0. The van der Waals surface area contributed by atoms with Gasteiger partial charge in [0.25, 0.3) is 5.91 Å². The molecule has 42 heavy (non-hydrogen) atoms. The molecule has 1 saturated heterocycles. The van der Waals surface area contributed by atoms with Gasteiger partial charge in [-0.1, -0.05) is 72.8 Å². The topological polar surface area (TPSA) is 112 Å². The molecule has 8 nitrogen and oxygen atoms in total. The molecule has 1 fully saturated rings. The van der Waals surface area contributed by atoms with Crippen molar-refractivity contribution in [3.8, 4) is 11.8 Å². The number of hydrazone groups is 1. The first-order valence-corrected chi connectivity index (χ1v) is 13.6. The van der Waals surface area contributed by atoms with Gasteiger partial charge in [0.15, 0.2) is 0 Å². The molecule has 1 heterocycles. The number of ether oxygens (including phenoxy) is 1. The average molecular weight is 553 g/mol. The Balaban J connectivity index is 1.41. The number of hydrogen-bond acceptors (Lipinski definition) is 6. The first-order valence-electron chi connectivity index (χ1n) is 13.6. The summed E-state index contributed by atoms with van der Waals surface area (Å²) < 4.78 is 5.34. The van der Waals surface area contributed by atoms with Gasteiger partial charge in [-0.05, 0) is 46.5 Å². The number of imide groups is 1. The number of hydrogen-bond donors (Lipinski definition) is 1. The number of nitrogens with zero attached hydrogens (tertiary/aromatic N) is 3. The first kappa shape index (κ1) is 25.4. The van der Waals surface area contributed by atoms with Gasteiger partial charge < -0.3 is 4.74 Å². The highest BCUT2D eigenvalue weighted by Gasteiger charge is 2.68. The summed E-state index contributed by atoms with van der Waals surface area (Å²) in [6.07, 6.45) is 1.61. The number of para-hydroxylation sites is 2. The molecule has 2 atom stereocenters. The molecule has 0 aromatic heterocycles. The lowest BCUT2D eigenvalue weighted by atomic mass is 9.47. The second kappa shape index (κ2) is 9.53. The standard InChI is InChI=1S/C34H24N4O4/c1-42-27-17-9-5-13-23(27)31(39)37-36-19-34-24-14-6-3-11-21(24)28(22-12-4-7-15-25(22)34)29-30(34)33(41)38(32(29)40)26-16-8-2-10-20(26)18-35/h2-17,19,28-30H,1H3,(H,37,39)/b36-19+/t28?,29-,30+,34?/m1/s1. The summed E-state index contributed by atoms with van der Waals surface area (Å²) in [6, 6.07) is 31.2. The third kappa shape index (κ3) is 3.34. The molecule has 4 aliphatic rings. The average Bonchev–Trinajstić information content (AvgIpc) is 3.31. The SMILES string of the molecule is COc1ccccc1C(=O)N/N=C/C12c3ccccc3C(c3ccccc31)[C@H]1C(=O)N(c3ccccc3C#N)C(=O)[C@H]12. The van der Waals surface area contributed by atoms with E-state index in [1.165, 1.54) is 12.0 Å². The molecule has 0 unspecified atom stereocenters. The Morgan fingerprint density at radius 1 is 0.905 bits per heavy atom. The molecule has 204 valence electrons. The zero-order valence-corrected chi connectivity index (χ0v) is 22.5. The summed E-state index contributed by atoms with van der Waals surface area (Å²) >= 11 is 0. The highest BCUT2D eigenvalue weighted by Crippen LogP contribution is 2.63. The Hall–Kier alpha value is -5.55. The molecule has 3 amide bonds. The largest absolute Gasteiger partial charge is 0.496 e. The van der Waals surface area contributed by atoms with E-state index in [0.29, 0.717) is 11.3 Å². The van der Waals surface area contributed by atoms with Crippen LogP contribution >= 0.6 is 0 Å². The van der Waals surface area contributed by atoms with Gasteiger partial charge in [-0.15, -0.1) is 0 Å². The van der Waals surface area contributed by atoms with Crippen LogP contribution in [0.25, 0.3) is 0 Å². The molecule has 0 saturated carbocycles. The summed E-state index contributed by atoms with van der Waals surface area (Å²) in [6.45, 7) is 0. The number of nitrogens with one attached hydrogen (secondary N) is 1. The Morgan fingerprint density at radius 2 is 1.52 bits per heavy atom. The minimum atomic E-state index is -1.15. The van der Waals surface area contributed by atoms with Crippen molar-refractivity contribution in [1.82, 2.24) is 5.43 Å². The van der Waals surface area contributed by atoms with Gasteiger partial charge in [-0.25, -0.2) is 10.3 Å². The normalized spacial score (nSPS) is 23.2. The quantitative estimate of drug-likeness (QED) is 0.222. The van der Waals surface area contributed by atoms with E-state index in [-0.39, 0.29) is 23.1 Å². The zero-order valence-electron chi connectivity index (χ0n) is 22.5. The highest BCUT2D eigenvalue weighted by atomic mass is 16.5. The van der Waals surface area contributed by atoms with Crippen LogP contribution in [0.15, 0.2) is 102 Å². The van der Waals surface area contributed by atoms with Gasteiger partial charge in [0.1, 0.15) is 11.8 Å². The molecule has 4 aromatic rings. The molecule has 1 N–H and O–H groups in total. The smallest absolute Gasteiger partial charge is 0.275 e. The van der Waals surface area contributed by atoms with Gasteiger partial charge in [0.05, 0.1) is 41.2 Å². The Bertz CT molecular complexity index is 1830. The van der Waals surface area contributed by atoms with Gasteiger partial charge in [-0.3, -0.25) is 14.4 Å². The molecular formula is C34H24N4O4. The van der Waals surface area contributed by atoms with Crippen LogP contribution in [0.3, 0.4) is 0 Å². The van der Waals surface area contributed by atoms with Crippen LogP contribution in [0.4, 0.5) is 5.69 Å². The third-order valence-corrected chi connectivity index (χ3v) is 8.74. The number of carbonyl (C=O) groups is 3. The van der Waals surface area contributed by atoms with E-state index < -0.39 is 29.1 Å². The van der Waals surface area contributed by atoms with Crippen LogP contribution in [0.5, 0.6) is 5.75 Å². The maximum absolute atomic E-state index is 14.5. The molecule has 4 aromatic carbocycles. The molecule has 0 radical (unpaired) electrons. The van der Waals surface area contributed by atoms with Crippen molar-refractivity contribution in [3.63, 3.8) is 0 Å². The minimum absolute atomic E-state index is 0.243. The number of amides is 3. The number of benzene rings is 4. The van der Waals surface area contributed by atoms with E-state index in [1.54, 1.807) is 54.7 Å². The molecule has 1 aliphatic heterocycles. The third-order valence-electron chi connectivity index (χ3n) is 8.74. The molecule has 8 heteroatoms. The highest BCUT2D eigenvalue weighted by molar-refractivity contribution is 6.25. The molecule has 8 rings (SSSR count). The van der Waals surface area contributed by atoms with E-state index >= 15 is 0 Å². The summed E-state index contributed by atoms with van der Waals surface area (Å²) in [5.74, 6) is -2.72. The van der Waals surface area contributed by atoms with Crippen molar-refractivity contribution in [2.45, 2.75) is 11.3 Å². The van der Waals surface area contributed by atoms with Crippen molar-refractivity contribution >= 4 is 29.6 Å². The fraction of sp³-hybridized carbons (Fsp3) is 0.147. The maximum Gasteiger partial charge on any atom is 0.275 e. The van der Waals surface area contributed by atoms with Crippen molar-refractivity contribution in [1.29, 1.82) is 5.26 Å². The predicted octanol–water partition coefficient (Wildman–Crippen LogP) is 4.53. The molecule has 0 spiro atoms. The molecular weight excluding hydrogens is 528 g/mol. The van der Waals surface area contributed by atoms with Crippen molar-refractivity contribution in [3.05, 3.63) is 130 Å². The van der Waals surface area contributed by atoms with E-state index in [1.807, 2.05) is 48.5 Å². The molecule has 3 aliphatic carbocycles. The summed E-state index contributed by atoms with van der Waals surface area (Å²) in [5.41, 5.74) is 5.91. The van der Waals surface area contributed by atoms with Crippen LogP contribution in [-0.4, -0.2) is 31.0 Å². The van der Waals surface area contributed by atoms with Gasteiger partial charge in [0, 0.05) is 12.1 Å². The Labute approximate surface area is 241 Å². The number of methoxy groups -OCH3 is 1. The fourth-order valence-electron chi connectivity index (χ4n) is 7.14. The fourth-order valence-corrected chi connectivity index (χ4v) is 7.14. The van der Waals surface area contributed by atoms with Crippen molar-refractivity contribution < 1.29 is 19.1 Å². The predicted molar refractivity (Wildman–Crippen MR) is 155 cm³/mol. The Kier molecular flexibility index (Phi) is 5.77. The lowest BCUT2D eigenvalue weighted by Crippen LogP contribution is -2.54. The van der Waals surface area contributed by atoms with Crippen LogP contribution in [-0.2, 0) is 15.0 Å². The molecule has 2 bridgehead atoms. The summed E-state index contributed by atoms with van der Waals surface area (Å²) in [4.78, 5) is 43.1. The van der Waals surface area contributed by atoms with Gasteiger partial charge in [0.2, 0.25) is 11.8 Å². The minimum Gasteiger partial charge on any atom is -0.496 e. The van der Waals surface area contributed by atoms with Crippen molar-refractivity contribution in [2.24, 2.45) is 16.9 Å². The van der Waals surface area contributed by atoms with E-state index in [0.717, 1.165) is 22.3 Å².